The third-order valence-corrected chi connectivity index (χ3v) is 7.50. The summed E-state index contributed by atoms with van der Waals surface area (Å²) in [6.45, 7) is 5.95. The van der Waals surface area contributed by atoms with Crippen molar-refractivity contribution in [1.29, 1.82) is 0 Å². The first kappa shape index (κ1) is 21.8. The first-order valence-corrected chi connectivity index (χ1v) is 12.2. The number of H-pyrrole nitrogens is 2. The Morgan fingerprint density at radius 1 is 1.29 bits per heavy atom. The van der Waals surface area contributed by atoms with Crippen LogP contribution in [0.4, 0.5) is 5.69 Å². The first-order valence-electron chi connectivity index (χ1n) is 10.4. The van der Waals surface area contributed by atoms with Gasteiger partial charge in [0, 0.05) is 22.4 Å². The Morgan fingerprint density at radius 3 is 2.84 bits per heavy atom. The summed E-state index contributed by atoms with van der Waals surface area (Å²) in [5.74, 6) is 1.25. The van der Waals surface area contributed by atoms with Gasteiger partial charge in [0.25, 0.3) is 5.56 Å². The largest absolute Gasteiger partial charge is 0.326 e. The quantitative estimate of drug-likeness (QED) is 0.385. The Kier molecular flexibility index (Phi) is 6.29. The number of aromatic nitrogens is 4. The number of amides is 1. The third kappa shape index (κ3) is 4.59. The number of nitrogens with zero attached hydrogens (tertiary/aromatic N) is 2. The summed E-state index contributed by atoms with van der Waals surface area (Å²) in [6.07, 6.45) is 4.97. The number of fused-ring (bicyclic) bond motifs is 3. The molecule has 3 N–H and O–H groups in total. The number of anilines is 1. The fourth-order valence-electron chi connectivity index (χ4n) is 3.85. The number of thiophene rings is 1. The van der Waals surface area contributed by atoms with Gasteiger partial charge in [0.2, 0.25) is 5.91 Å². The molecule has 0 saturated heterocycles. The van der Waals surface area contributed by atoms with Crippen molar-refractivity contribution in [2.75, 3.05) is 11.1 Å². The molecule has 1 aliphatic carbocycles. The SMILES string of the molecule is CCCc1nc(SCC(=O)Nc2c(C)[nH]c(=O)[nH]c2=O)c2c3c(sc2n1)C[C@@H](C)CC3. The molecule has 0 bridgehead atoms. The van der Waals surface area contributed by atoms with E-state index in [-0.39, 0.29) is 17.3 Å². The summed E-state index contributed by atoms with van der Waals surface area (Å²) in [5, 5.41) is 4.53. The Labute approximate surface area is 187 Å². The van der Waals surface area contributed by atoms with Crippen molar-refractivity contribution in [2.45, 2.75) is 57.9 Å². The lowest BCUT2D eigenvalue weighted by Gasteiger charge is -2.18. The van der Waals surface area contributed by atoms with Crippen LogP contribution in [-0.2, 0) is 24.1 Å². The minimum absolute atomic E-state index is 0.0617. The Morgan fingerprint density at radius 2 is 2.10 bits per heavy atom. The monoisotopic (exact) mass is 459 g/mol. The second-order valence-corrected chi connectivity index (χ2v) is 10.0. The summed E-state index contributed by atoms with van der Waals surface area (Å²) in [4.78, 5) is 52.5. The molecule has 4 rings (SSSR count). The van der Waals surface area contributed by atoms with Gasteiger partial charge in [-0.2, -0.15) is 0 Å². The summed E-state index contributed by atoms with van der Waals surface area (Å²) < 4.78 is 0. The minimum Gasteiger partial charge on any atom is -0.319 e. The number of aromatic amines is 2. The predicted molar refractivity (Wildman–Crippen MR) is 124 cm³/mol. The zero-order valence-electron chi connectivity index (χ0n) is 17.8. The average molecular weight is 460 g/mol. The summed E-state index contributed by atoms with van der Waals surface area (Å²) in [6, 6.07) is 0. The van der Waals surface area contributed by atoms with Crippen molar-refractivity contribution >= 4 is 44.9 Å². The standard InChI is InChI=1S/C21H25N5O3S2/c1-4-5-14-23-19(16-12-7-6-10(2)8-13(12)31-20(16)24-14)30-9-15(27)25-17-11(3)22-21(29)26-18(17)28/h10H,4-9H2,1-3H3,(H,25,27)(H2,22,26,28,29)/t10-/m0/s1. The van der Waals surface area contributed by atoms with Gasteiger partial charge in [-0.1, -0.05) is 25.6 Å². The number of hydrogen-bond donors (Lipinski definition) is 3. The number of aryl methyl sites for hydroxylation is 3. The Balaban J connectivity index is 1.61. The van der Waals surface area contributed by atoms with Crippen molar-refractivity contribution in [3.8, 4) is 0 Å². The molecule has 0 fully saturated rings. The number of carbonyl (C=O) groups is 1. The van der Waals surface area contributed by atoms with Crippen molar-refractivity contribution < 1.29 is 4.79 Å². The molecule has 3 heterocycles. The maximum atomic E-state index is 12.6. The van der Waals surface area contributed by atoms with Crippen molar-refractivity contribution in [2.24, 2.45) is 5.92 Å². The molecule has 0 aliphatic heterocycles. The molecule has 31 heavy (non-hydrogen) atoms. The lowest BCUT2D eigenvalue weighted by Crippen LogP contribution is -2.29. The highest BCUT2D eigenvalue weighted by molar-refractivity contribution is 8.00. The van der Waals surface area contributed by atoms with Gasteiger partial charge in [0.15, 0.2) is 0 Å². The number of carbonyl (C=O) groups excluding carboxylic acids is 1. The van der Waals surface area contributed by atoms with Gasteiger partial charge < -0.3 is 10.3 Å². The van der Waals surface area contributed by atoms with Crippen LogP contribution >= 0.6 is 23.1 Å². The maximum Gasteiger partial charge on any atom is 0.326 e. The van der Waals surface area contributed by atoms with Crippen molar-refractivity contribution in [3.63, 3.8) is 0 Å². The van der Waals surface area contributed by atoms with Crippen molar-refractivity contribution in [1.82, 2.24) is 19.9 Å². The van der Waals surface area contributed by atoms with E-state index in [1.54, 1.807) is 18.3 Å². The van der Waals surface area contributed by atoms with Crippen LogP contribution in [0.2, 0.25) is 0 Å². The molecule has 10 heteroatoms. The van der Waals surface area contributed by atoms with Crippen LogP contribution in [0.1, 0.15) is 48.6 Å². The van der Waals surface area contributed by atoms with Crippen molar-refractivity contribution in [3.05, 3.63) is 42.8 Å². The van der Waals surface area contributed by atoms with Crippen LogP contribution in [0.5, 0.6) is 0 Å². The fraction of sp³-hybridized carbons (Fsp3) is 0.476. The molecular weight excluding hydrogens is 434 g/mol. The molecule has 3 aromatic heterocycles. The van der Waals surface area contributed by atoms with E-state index in [0.717, 1.165) is 53.2 Å². The van der Waals surface area contributed by atoms with Gasteiger partial charge in [-0.25, -0.2) is 14.8 Å². The van der Waals surface area contributed by atoms with Gasteiger partial charge in [0.1, 0.15) is 21.4 Å². The van der Waals surface area contributed by atoms with Crippen LogP contribution in [0, 0.1) is 12.8 Å². The number of nitrogens with one attached hydrogen (secondary N) is 3. The average Bonchev–Trinajstić information content (AvgIpc) is 3.06. The second-order valence-electron chi connectivity index (χ2n) is 7.97. The lowest BCUT2D eigenvalue weighted by atomic mass is 9.89. The molecule has 1 atom stereocenters. The van der Waals surface area contributed by atoms with Gasteiger partial charge in [-0.3, -0.25) is 14.6 Å². The zero-order valence-corrected chi connectivity index (χ0v) is 19.4. The van der Waals surface area contributed by atoms with Gasteiger partial charge in [0.05, 0.1) is 5.75 Å². The molecule has 1 aliphatic rings. The van der Waals surface area contributed by atoms with E-state index in [1.807, 2.05) is 0 Å². The molecule has 8 nitrogen and oxygen atoms in total. The fourth-order valence-corrected chi connectivity index (χ4v) is 6.19. The summed E-state index contributed by atoms with van der Waals surface area (Å²) >= 11 is 3.13. The van der Waals surface area contributed by atoms with E-state index in [2.05, 4.69) is 29.1 Å². The Bertz CT molecular complexity index is 1260. The van der Waals surface area contributed by atoms with E-state index in [0.29, 0.717) is 11.6 Å². The van der Waals surface area contributed by atoms with E-state index >= 15 is 0 Å². The van der Waals surface area contributed by atoms with E-state index in [4.69, 9.17) is 9.97 Å². The van der Waals surface area contributed by atoms with E-state index in [9.17, 15) is 14.4 Å². The molecule has 0 spiro atoms. The number of hydrogen-bond acceptors (Lipinski definition) is 7. The highest BCUT2D eigenvalue weighted by Gasteiger charge is 2.24. The molecule has 0 aromatic carbocycles. The van der Waals surface area contributed by atoms with Gasteiger partial charge in [-0.05, 0) is 44.1 Å². The molecular formula is C21H25N5O3S2. The van der Waals surface area contributed by atoms with Crippen LogP contribution < -0.4 is 16.6 Å². The Hall–Kier alpha value is -2.46. The first-order chi connectivity index (χ1) is 14.9. The topological polar surface area (TPSA) is 121 Å². The van der Waals surface area contributed by atoms with Crippen LogP contribution in [0.3, 0.4) is 0 Å². The molecule has 0 unspecified atom stereocenters. The second kappa shape index (κ2) is 8.96. The highest BCUT2D eigenvalue weighted by Crippen LogP contribution is 2.41. The lowest BCUT2D eigenvalue weighted by molar-refractivity contribution is -0.113. The number of rotatable bonds is 6. The van der Waals surface area contributed by atoms with Crippen LogP contribution in [-0.4, -0.2) is 31.6 Å². The molecule has 0 radical (unpaired) electrons. The molecule has 0 saturated carbocycles. The van der Waals surface area contributed by atoms with E-state index in [1.165, 1.54) is 22.2 Å². The van der Waals surface area contributed by atoms with Gasteiger partial charge in [-0.15, -0.1) is 11.3 Å². The molecule has 164 valence electrons. The highest BCUT2D eigenvalue weighted by atomic mass is 32.2. The third-order valence-electron chi connectivity index (χ3n) is 5.38. The minimum atomic E-state index is -0.615. The number of thioether (sulfide) groups is 1. The van der Waals surface area contributed by atoms with Gasteiger partial charge >= 0.3 is 5.69 Å². The predicted octanol–water partition coefficient (Wildman–Crippen LogP) is 3.18. The summed E-state index contributed by atoms with van der Waals surface area (Å²) in [7, 11) is 0. The van der Waals surface area contributed by atoms with Crippen LogP contribution in [0.15, 0.2) is 14.6 Å². The van der Waals surface area contributed by atoms with Crippen LogP contribution in [0.25, 0.3) is 10.2 Å². The zero-order chi connectivity index (χ0) is 22.1. The normalized spacial score (nSPS) is 15.8. The molecule has 1 amide bonds. The molecule has 3 aromatic rings. The smallest absolute Gasteiger partial charge is 0.319 e. The summed E-state index contributed by atoms with van der Waals surface area (Å²) in [5.41, 5.74) is 0.500. The maximum absolute atomic E-state index is 12.6. The van der Waals surface area contributed by atoms with E-state index < -0.39 is 11.2 Å².